The van der Waals surface area contributed by atoms with Gasteiger partial charge in [0.2, 0.25) is 0 Å². The first kappa shape index (κ1) is 15.4. The number of alkyl halides is 3. The molecule has 102 valence electrons. The highest BCUT2D eigenvalue weighted by atomic mass is 32.2. The number of hydrogen-bond acceptors (Lipinski definition) is 2. The summed E-state index contributed by atoms with van der Waals surface area (Å²) in [5, 5.41) is 3.16. The van der Waals surface area contributed by atoms with Gasteiger partial charge in [0.05, 0.1) is 5.56 Å². The van der Waals surface area contributed by atoms with Crippen molar-refractivity contribution >= 4 is 11.8 Å². The summed E-state index contributed by atoms with van der Waals surface area (Å²) in [7, 11) is 1.84. The second-order valence-corrected chi connectivity index (χ2v) is 5.18. The van der Waals surface area contributed by atoms with Crippen molar-refractivity contribution in [1.82, 2.24) is 5.32 Å². The maximum Gasteiger partial charge on any atom is 0.416 e. The van der Waals surface area contributed by atoms with Crippen LogP contribution in [0.2, 0.25) is 0 Å². The zero-order valence-electron chi connectivity index (χ0n) is 10.8. The smallest absolute Gasteiger partial charge is 0.313 e. The van der Waals surface area contributed by atoms with Crippen LogP contribution in [0.25, 0.3) is 0 Å². The van der Waals surface area contributed by atoms with E-state index < -0.39 is 11.7 Å². The summed E-state index contributed by atoms with van der Waals surface area (Å²) in [6.07, 6.45) is -1.34. The van der Waals surface area contributed by atoms with E-state index in [2.05, 4.69) is 5.32 Å². The zero-order chi connectivity index (χ0) is 13.8. The van der Waals surface area contributed by atoms with Crippen LogP contribution < -0.4 is 5.32 Å². The lowest BCUT2D eigenvalue weighted by atomic mass is 9.97. The van der Waals surface area contributed by atoms with E-state index in [0.29, 0.717) is 5.56 Å². The topological polar surface area (TPSA) is 12.0 Å². The van der Waals surface area contributed by atoms with Gasteiger partial charge in [-0.2, -0.15) is 24.9 Å². The van der Waals surface area contributed by atoms with Crippen molar-refractivity contribution in [2.24, 2.45) is 0 Å². The SMILES string of the molecule is CNC(CCSC)c1ccc(C(F)(F)F)cc1C. The minimum Gasteiger partial charge on any atom is -0.313 e. The van der Waals surface area contributed by atoms with Crippen LogP contribution in [0.3, 0.4) is 0 Å². The van der Waals surface area contributed by atoms with Gasteiger partial charge in [0.15, 0.2) is 0 Å². The molecule has 0 heterocycles. The molecule has 0 aliphatic carbocycles. The minimum absolute atomic E-state index is 0.111. The van der Waals surface area contributed by atoms with E-state index in [-0.39, 0.29) is 6.04 Å². The molecule has 0 aromatic heterocycles. The first-order valence-corrected chi connectivity index (χ1v) is 7.13. The highest BCUT2D eigenvalue weighted by Crippen LogP contribution is 2.32. The van der Waals surface area contributed by atoms with E-state index >= 15 is 0 Å². The van der Waals surface area contributed by atoms with E-state index in [9.17, 15) is 13.2 Å². The first-order chi connectivity index (χ1) is 8.40. The van der Waals surface area contributed by atoms with Crippen molar-refractivity contribution in [3.05, 3.63) is 34.9 Å². The van der Waals surface area contributed by atoms with Gasteiger partial charge in [0.25, 0.3) is 0 Å². The Kier molecular flexibility index (Phi) is 5.53. The molecule has 18 heavy (non-hydrogen) atoms. The fraction of sp³-hybridized carbons (Fsp3) is 0.538. The molecule has 0 aliphatic rings. The Morgan fingerprint density at radius 3 is 2.44 bits per heavy atom. The van der Waals surface area contributed by atoms with Crippen molar-refractivity contribution in [3.8, 4) is 0 Å². The van der Waals surface area contributed by atoms with Crippen LogP contribution in [0, 0.1) is 6.92 Å². The van der Waals surface area contributed by atoms with Crippen LogP contribution >= 0.6 is 11.8 Å². The molecule has 1 rings (SSSR count). The van der Waals surface area contributed by atoms with Crippen LogP contribution in [0.5, 0.6) is 0 Å². The van der Waals surface area contributed by atoms with Crippen LogP contribution in [-0.2, 0) is 6.18 Å². The summed E-state index contributed by atoms with van der Waals surface area (Å²) in [5.74, 6) is 0.978. The molecule has 0 amide bonds. The highest BCUT2D eigenvalue weighted by molar-refractivity contribution is 7.98. The molecule has 0 saturated heterocycles. The summed E-state index contributed by atoms with van der Waals surface area (Å²) in [6.45, 7) is 1.73. The number of nitrogens with one attached hydrogen (secondary N) is 1. The number of thioether (sulfide) groups is 1. The maximum absolute atomic E-state index is 12.6. The summed E-state index contributed by atoms with van der Waals surface area (Å²) in [4.78, 5) is 0. The average molecular weight is 277 g/mol. The van der Waals surface area contributed by atoms with Crippen molar-refractivity contribution in [1.29, 1.82) is 0 Å². The van der Waals surface area contributed by atoms with Crippen molar-refractivity contribution in [3.63, 3.8) is 0 Å². The molecule has 5 heteroatoms. The molecular weight excluding hydrogens is 259 g/mol. The Hall–Kier alpha value is -0.680. The van der Waals surface area contributed by atoms with Crippen LogP contribution in [-0.4, -0.2) is 19.1 Å². The molecule has 1 unspecified atom stereocenters. The van der Waals surface area contributed by atoms with Crippen molar-refractivity contribution in [2.45, 2.75) is 25.6 Å². The summed E-state index contributed by atoms with van der Waals surface area (Å²) >= 11 is 1.73. The Morgan fingerprint density at radius 1 is 1.33 bits per heavy atom. The van der Waals surface area contributed by atoms with Crippen molar-refractivity contribution in [2.75, 3.05) is 19.1 Å². The number of aryl methyl sites for hydroxylation is 1. The summed E-state index contributed by atoms with van der Waals surface area (Å²) in [6, 6.07) is 4.07. The van der Waals surface area contributed by atoms with Crippen LogP contribution in [0.4, 0.5) is 13.2 Å². The Balaban J connectivity index is 2.96. The third-order valence-electron chi connectivity index (χ3n) is 2.93. The first-order valence-electron chi connectivity index (χ1n) is 5.74. The highest BCUT2D eigenvalue weighted by Gasteiger charge is 2.30. The van der Waals surface area contributed by atoms with E-state index in [0.717, 1.165) is 23.8 Å². The van der Waals surface area contributed by atoms with Gasteiger partial charge in [0.1, 0.15) is 0 Å². The minimum atomic E-state index is -4.27. The van der Waals surface area contributed by atoms with Gasteiger partial charge in [-0.05, 0) is 55.7 Å². The quantitative estimate of drug-likeness (QED) is 0.872. The molecule has 0 spiro atoms. The molecule has 1 atom stereocenters. The molecule has 0 bridgehead atoms. The number of rotatable bonds is 5. The largest absolute Gasteiger partial charge is 0.416 e. The van der Waals surface area contributed by atoms with Gasteiger partial charge in [-0.15, -0.1) is 0 Å². The van der Waals surface area contributed by atoms with E-state index in [1.54, 1.807) is 24.8 Å². The fourth-order valence-corrected chi connectivity index (χ4v) is 2.41. The molecule has 1 aromatic rings. The average Bonchev–Trinajstić information content (AvgIpc) is 2.30. The van der Waals surface area contributed by atoms with Gasteiger partial charge in [-0.25, -0.2) is 0 Å². The molecule has 0 fully saturated rings. The predicted octanol–water partition coefficient (Wildman–Crippen LogP) is 4.03. The van der Waals surface area contributed by atoms with Gasteiger partial charge < -0.3 is 5.32 Å². The van der Waals surface area contributed by atoms with Gasteiger partial charge in [-0.1, -0.05) is 6.07 Å². The van der Waals surface area contributed by atoms with Gasteiger partial charge in [0, 0.05) is 6.04 Å². The second-order valence-electron chi connectivity index (χ2n) is 4.19. The molecular formula is C13H18F3NS. The third kappa shape index (κ3) is 3.92. The third-order valence-corrected chi connectivity index (χ3v) is 3.58. The normalized spacial score (nSPS) is 13.7. The predicted molar refractivity (Wildman–Crippen MR) is 71.0 cm³/mol. The molecule has 1 nitrogen and oxygen atoms in total. The van der Waals surface area contributed by atoms with Gasteiger partial charge >= 0.3 is 6.18 Å². The fourth-order valence-electron chi connectivity index (χ4n) is 1.93. The standard InChI is InChI=1S/C13H18F3NS/c1-9-8-10(13(14,15)16)4-5-11(9)12(17-2)6-7-18-3/h4-5,8,12,17H,6-7H2,1-3H3. The maximum atomic E-state index is 12.6. The molecule has 0 aliphatic heterocycles. The van der Waals surface area contributed by atoms with E-state index in [4.69, 9.17) is 0 Å². The molecule has 0 saturated carbocycles. The van der Waals surface area contributed by atoms with Crippen LogP contribution in [0.1, 0.15) is 29.2 Å². The lowest BCUT2D eigenvalue weighted by Gasteiger charge is -2.19. The molecule has 1 N–H and O–H groups in total. The van der Waals surface area contributed by atoms with Gasteiger partial charge in [-0.3, -0.25) is 0 Å². The number of halogens is 3. The Morgan fingerprint density at radius 2 is 2.00 bits per heavy atom. The molecule has 1 aromatic carbocycles. The summed E-state index contributed by atoms with van der Waals surface area (Å²) in [5.41, 5.74) is 1.05. The monoisotopic (exact) mass is 277 g/mol. The lowest BCUT2D eigenvalue weighted by Crippen LogP contribution is -2.18. The van der Waals surface area contributed by atoms with Crippen molar-refractivity contribution < 1.29 is 13.2 Å². The van der Waals surface area contributed by atoms with E-state index in [1.165, 1.54) is 6.07 Å². The zero-order valence-corrected chi connectivity index (χ0v) is 11.6. The number of benzene rings is 1. The Labute approximate surface area is 110 Å². The van der Waals surface area contributed by atoms with E-state index in [1.807, 2.05) is 13.3 Å². The second kappa shape index (κ2) is 6.48. The Bertz CT molecular complexity index is 390. The van der Waals surface area contributed by atoms with Crippen LogP contribution in [0.15, 0.2) is 18.2 Å². The summed E-state index contributed by atoms with van der Waals surface area (Å²) < 4.78 is 37.7. The molecule has 0 radical (unpaired) electrons. The number of hydrogen-bond donors (Lipinski definition) is 1. The lowest BCUT2D eigenvalue weighted by molar-refractivity contribution is -0.137.